The molecule has 114 valence electrons. The maximum atomic E-state index is 13.3. The minimum atomic E-state index is -0.420. The van der Waals surface area contributed by atoms with Gasteiger partial charge in [0.15, 0.2) is 0 Å². The average Bonchev–Trinajstić information content (AvgIpc) is 3.10. The molecule has 0 bridgehead atoms. The summed E-state index contributed by atoms with van der Waals surface area (Å²) in [6.45, 7) is 1.99. The molecule has 1 atom stereocenters. The van der Waals surface area contributed by atoms with Crippen LogP contribution in [0.5, 0.6) is 0 Å². The average molecular weight is 306 g/mol. The molecule has 0 aliphatic heterocycles. The summed E-state index contributed by atoms with van der Waals surface area (Å²) < 4.78 is 15.0. The normalized spacial score (nSPS) is 11.7. The zero-order chi connectivity index (χ0) is 16.2. The van der Waals surface area contributed by atoms with Gasteiger partial charge in [0, 0.05) is 12.4 Å². The van der Waals surface area contributed by atoms with Crippen molar-refractivity contribution in [3.8, 4) is 11.8 Å². The molecular weight excluding hydrogens is 291 g/mol. The molecule has 2 aromatic carbocycles. The third-order valence-electron chi connectivity index (χ3n) is 3.63. The van der Waals surface area contributed by atoms with Crippen molar-refractivity contribution in [1.29, 1.82) is 5.26 Å². The number of nitrogens with one attached hydrogen (secondary N) is 1. The van der Waals surface area contributed by atoms with Gasteiger partial charge in [-0.15, -0.1) is 0 Å². The van der Waals surface area contributed by atoms with Crippen LogP contribution in [0, 0.1) is 17.1 Å². The minimum absolute atomic E-state index is 0.0760. The second-order valence-electron chi connectivity index (χ2n) is 5.18. The Morgan fingerprint density at radius 2 is 2.04 bits per heavy atom. The third kappa shape index (κ3) is 3.06. The van der Waals surface area contributed by atoms with Gasteiger partial charge in [-0.05, 0) is 42.8 Å². The molecule has 0 radical (unpaired) electrons. The monoisotopic (exact) mass is 306 g/mol. The predicted octanol–water partition coefficient (Wildman–Crippen LogP) is 4.06. The van der Waals surface area contributed by atoms with Crippen molar-refractivity contribution in [3.63, 3.8) is 0 Å². The number of hydrogen-bond acceptors (Lipinski definition) is 3. The highest BCUT2D eigenvalue weighted by molar-refractivity contribution is 5.59. The first-order valence-electron chi connectivity index (χ1n) is 7.24. The summed E-state index contributed by atoms with van der Waals surface area (Å²) in [5.74, 6) is -0.420. The fraction of sp³-hybridized carbons (Fsp3) is 0.111. The Labute approximate surface area is 133 Å². The Morgan fingerprint density at radius 3 is 2.78 bits per heavy atom. The molecule has 0 aliphatic rings. The lowest BCUT2D eigenvalue weighted by Gasteiger charge is -2.19. The second-order valence-corrected chi connectivity index (χ2v) is 5.18. The number of para-hydroxylation sites is 1. The van der Waals surface area contributed by atoms with Gasteiger partial charge in [-0.3, -0.25) is 0 Å². The topological polar surface area (TPSA) is 53.6 Å². The van der Waals surface area contributed by atoms with Crippen LogP contribution in [0.15, 0.2) is 60.9 Å². The Bertz CT molecular complexity index is 850. The van der Waals surface area contributed by atoms with Gasteiger partial charge < -0.3 is 5.32 Å². The number of nitrogens with zero attached hydrogens (tertiary/aromatic N) is 3. The maximum Gasteiger partial charge on any atom is 0.124 e. The van der Waals surface area contributed by atoms with Crippen molar-refractivity contribution in [2.75, 3.05) is 5.32 Å². The van der Waals surface area contributed by atoms with Gasteiger partial charge in [0.1, 0.15) is 11.9 Å². The van der Waals surface area contributed by atoms with Gasteiger partial charge in [0.25, 0.3) is 0 Å². The van der Waals surface area contributed by atoms with Crippen molar-refractivity contribution in [2.45, 2.75) is 13.0 Å². The van der Waals surface area contributed by atoms with Gasteiger partial charge in [-0.25, -0.2) is 9.07 Å². The number of benzene rings is 2. The smallest absolute Gasteiger partial charge is 0.124 e. The van der Waals surface area contributed by atoms with Gasteiger partial charge in [0.05, 0.1) is 23.0 Å². The van der Waals surface area contributed by atoms with E-state index in [1.807, 2.05) is 49.5 Å². The van der Waals surface area contributed by atoms with Crippen LogP contribution in [0.1, 0.15) is 24.1 Å². The molecule has 4 nitrogen and oxygen atoms in total. The van der Waals surface area contributed by atoms with Gasteiger partial charge in [0.2, 0.25) is 0 Å². The highest BCUT2D eigenvalue weighted by Crippen LogP contribution is 2.26. The van der Waals surface area contributed by atoms with Crippen molar-refractivity contribution < 1.29 is 4.39 Å². The molecule has 0 spiro atoms. The van der Waals surface area contributed by atoms with Crippen LogP contribution < -0.4 is 5.32 Å². The molecule has 0 saturated heterocycles. The summed E-state index contributed by atoms with van der Waals surface area (Å²) in [7, 11) is 0. The summed E-state index contributed by atoms with van der Waals surface area (Å²) in [4.78, 5) is 0. The second kappa shape index (κ2) is 6.32. The van der Waals surface area contributed by atoms with Crippen molar-refractivity contribution in [2.24, 2.45) is 0 Å². The highest BCUT2D eigenvalue weighted by atomic mass is 19.1. The molecule has 1 unspecified atom stereocenters. The minimum Gasteiger partial charge on any atom is -0.377 e. The first-order valence-corrected chi connectivity index (χ1v) is 7.24. The van der Waals surface area contributed by atoms with Crippen LogP contribution in [0.3, 0.4) is 0 Å². The van der Waals surface area contributed by atoms with E-state index in [2.05, 4.69) is 10.4 Å². The molecule has 0 saturated carbocycles. The van der Waals surface area contributed by atoms with Gasteiger partial charge in [-0.2, -0.15) is 10.4 Å². The number of aromatic nitrogens is 2. The quantitative estimate of drug-likeness (QED) is 0.791. The van der Waals surface area contributed by atoms with E-state index in [1.54, 1.807) is 16.9 Å². The maximum absolute atomic E-state index is 13.3. The summed E-state index contributed by atoms with van der Waals surface area (Å²) in [6, 6.07) is 15.9. The molecule has 3 rings (SSSR count). The van der Waals surface area contributed by atoms with Crippen LogP contribution in [0.4, 0.5) is 10.1 Å². The Morgan fingerprint density at radius 1 is 1.22 bits per heavy atom. The standard InChI is InChI=1S/C18H15FN4/c1-13(22-17-8-7-15(19)11-14(17)12-20)16-5-2-3-6-18(16)23-10-4-9-21-23/h2-11,13,22H,1H3. The third-order valence-corrected chi connectivity index (χ3v) is 3.63. The molecule has 23 heavy (non-hydrogen) atoms. The van der Waals surface area contributed by atoms with Crippen LogP contribution in [0.25, 0.3) is 5.69 Å². The Hall–Kier alpha value is -3.13. The predicted molar refractivity (Wildman–Crippen MR) is 86.7 cm³/mol. The molecular formula is C18H15FN4. The summed E-state index contributed by atoms with van der Waals surface area (Å²) >= 11 is 0. The van der Waals surface area contributed by atoms with E-state index in [0.29, 0.717) is 5.69 Å². The lowest BCUT2D eigenvalue weighted by molar-refractivity contribution is 0.627. The fourth-order valence-electron chi connectivity index (χ4n) is 2.52. The molecule has 1 heterocycles. The Kier molecular flexibility index (Phi) is 4.07. The van der Waals surface area contributed by atoms with E-state index in [9.17, 15) is 4.39 Å². The molecule has 1 aromatic heterocycles. The number of rotatable bonds is 4. The van der Waals surface area contributed by atoms with E-state index >= 15 is 0 Å². The van der Waals surface area contributed by atoms with E-state index in [-0.39, 0.29) is 11.6 Å². The van der Waals surface area contributed by atoms with Crippen molar-refractivity contribution in [1.82, 2.24) is 9.78 Å². The summed E-state index contributed by atoms with van der Waals surface area (Å²) in [6.07, 6.45) is 3.60. The SMILES string of the molecule is CC(Nc1ccc(F)cc1C#N)c1ccccc1-n1cccn1. The largest absolute Gasteiger partial charge is 0.377 e. The van der Waals surface area contributed by atoms with Crippen molar-refractivity contribution >= 4 is 5.69 Å². The lowest BCUT2D eigenvalue weighted by Crippen LogP contribution is -2.11. The van der Waals surface area contributed by atoms with E-state index in [1.165, 1.54) is 12.1 Å². The molecule has 1 N–H and O–H groups in total. The first-order chi connectivity index (χ1) is 11.2. The highest BCUT2D eigenvalue weighted by Gasteiger charge is 2.13. The van der Waals surface area contributed by atoms with Crippen LogP contribution in [0.2, 0.25) is 0 Å². The fourth-order valence-corrected chi connectivity index (χ4v) is 2.52. The molecule has 0 amide bonds. The molecule has 0 aliphatic carbocycles. The summed E-state index contributed by atoms with van der Waals surface area (Å²) in [5.41, 5.74) is 2.88. The lowest BCUT2D eigenvalue weighted by atomic mass is 10.0. The van der Waals surface area contributed by atoms with Crippen molar-refractivity contribution in [3.05, 3.63) is 77.9 Å². The molecule has 5 heteroatoms. The van der Waals surface area contributed by atoms with E-state index in [0.717, 1.165) is 11.3 Å². The number of hydrogen-bond donors (Lipinski definition) is 1. The van der Waals surface area contributed by atoms with Gasteiger partial charge >= 0.3 is 0 Å². The number of halogens is 1. The van der Waals surface area contributed by atoms with E-state index < -0.39 is 5.82 Å². The van der Waals surface area contributed by atoms with Crippen LogP contribution in [-0.4, -0.2) is 9.78 Å². The first kappa shape index (κ1) is 14.8. The number of anilines is 1. The van der Waals surface area contributed by atoms with Gasteiger partial charge in [-0.1, -0.05) is 18.2 Å². The van der Waals surface area contributed by atoms with Crippen LogP contribution >= 0.6 is 0 Å². The zero-order valence-electron chi connectivity index (χ0n) is 12.6. The zero-order valence-corrected chi connectivity index (χ0v) is 12.6. The summed E-state index contributed by atoms with van der Waals surface area (Å²) in [5, 5.41) is 16.7. The molecule has 3 aromatic rings. The molecule has 0 fully saturated rings. The van der Waals surface area contributed by atoms with E-state index in [4.69, 9.17) is 5.26 Å². The number of nitriles is 1. The Balaban J connectivity index is 1.94. The van der Waals surface area contributed by atoms with Crippen LogP contribution in [-0.2, 0) is 0 Å².